The van der Waals surface area contributed by atoms with E-state index in [4.69, 9.17) is 16.3 Å². The molecule has 0 aliphatic rings. The van der Waals surface area contributed by atoms with Crippen LogP contribution >= 0.6 is 22.9 Å². The van der Waals surface area contributed by atoms with E-state index in [1.165, 1.54) is 10.1 Å². The predicted molar refractivity (Wildman–Crippen MR) is 101 cm³/mol. The zero-order valence-corrected chi connectivity index (χ0v) is 15.3. The minimum Gasteiger partial charge on any atom is -0.427 e. The van der Waals surface area contributed by atoms with Crippen LogP contribution in [0.2, 0.25) is 5.02 Å². The standard InChI is InChI=1S/C18H19BClO2S/c1-17(2,21)18(3,4)22-19-11-9-13-12-7-5-6-8-15(12)23-16(13)14(20)10-11/h5-10,21H,1-4H3. The highest BCUT2D eigenvalue weighted by Gasteiger charge is 2.35. The molecule has 0 saturated carbocycles. The third kappa shape index (κ3) is 3.13. The maximum atomic E-state index is 10.2. The zero-order valence-electron chi connectivity index (χ0n) is 13.7. The Kier molecular flexibility index (Phi) is 4.22. The fourth-order valence-corrected chi connectivity index (χ4v) is 3.67. The number of aliphatic hydroxyl groups is 1. The van der Waals surface area contributed by atoms with Crippen LogP contribution in [0.25, 0.3) is 20.2 Å². The van der Waals surface area contributed by atoms with Gasteiger partial charge in [0.1, 0.15) is 0 Å². The fourth-order valence-electron chi connectivity index (χ4n) is 2.23. The molecule has 1 aromatic heterocycles. The van der Waals surface area contributed by atoms with E-state index in [1.54, 1.807) is 32.7 Å². The molecule has 119 valence electrons. The molecule has 1 N–H and O–H groups in total. The molecular formula is C18H19BClO2S. The number of fused-ring (bicyclic) bond motifs is 3. The van der Waals surface area contributed by atoms with Gasteiger partial charge in [0.05, 0.1) is 20.9 Å². The third-order valence-electron chi connectivity index (χ3n) is 4.42. The number of hydrogen-bond acceptors (Lipinski definition) is 3. The Morgan fingerprint density at radius 3 is 2.48 bits per heavy atom. The molecule has 3 aromatic rings. The summed E-state index contributed by atoms with van der Waals surface area (Å²) in [4.78, 5) is 0. The maximum absolute atomic E-state index is 10.2. The summed E-state index contributed by atoms with van der Waals surface area (Å²) in [5, 5.41) is 13.2. The van der Waals surface area contributed by atoms with Crippen LogP contribution in [0.15, 0.2) is 36.4 Å². The molecule has 5 heteroatoms. The lowest BCUT2D eigenvalue weighted by Crippen LogP contribution is -2.49. The Bertz CT molecular complexity index is 864. The van der Waals surface area contributed by atoms with E-state index in [9.17, 15) is 5.11 Å². The van der Waals surface area contributed by atoms with Crippen molar-refractivity contribution in [3.05, 3.63) is 41.4 Å². The highest BCUT2D eigenvalue weighted by molar-refractivity contribution is 7.26. The van der Waals surface area contributed by atoms with Crippen LogP contribution in [0.4, 0.5) is 0 Å². The summed E-state index contributed by atoms with van der Waals surface area (Å²) in [5.41, 5.74) is -0.763. The van der Waals surface area contributed by atoms with Gasteiger partial charge < -0.3 is 9.76 Å². The van der Waals surface area contributed by atoms with E-state index in [1.807, 2.05) is 32.0 Å². The SMILES string of the molecule is CC(C)(O)C(C)(C)O[B]c1cc(Cl)c2sc3ccccc3c2c1. The van der Waals surface area contributed by atoms with Crippen LogP contribution in [-0.2, 0) is 4.65 Å². The van der Waals surface area contributed by atoms with Crippen LogP contribution in [0.5, 0.6) is 0 Å². The van der Waals surface area contributed by atoms with Crippen LogP contribution in [0, 0.1) is 0 Å². The summed E-state index contributed by atoms with van der Waals surface area (Å²) in [6.07, 6.45) is 0. The fraction of sp³-hybridized carbons (Fsp3) is 0.333. The Morgan fingerprint density at radius 2 is 1.78 bits per heavy atom. The van der Waals surface area contributed by atoms with E-state index < -0.39 is 11.2 Å². The molecule has 1 heterocycles. The smallest absolute Gasteiger partial charge is 0.330 e. The molecule has 3 rings (SSSR count). The van der Waals surface area contributed by atoms with Crippen LogP contribution in [0.3, 0.4) is 0 Å². The third-order valence-corrected chi connectivity index (χ3v) is 6.05. The zero-order chi connectivity index (χ0) is 16.8. The Hall–Kier alpha value is -1.07. The molecule has 0 saturated heterocycles. The number of hydrogen-bond donors (Lipinski definition) is 1. The lowest BCUT2D eigenvalue weighted by molar-refractivity contribution is -0.0893. The van der Waals surface area contributed by atoms with E-state index >= 15 is 0 Å². The summed E-state index contributed by atoms with van der Waals surface area (Å²) in [6.45, 7) is 7.21. The van der Waals surface area contributed by atoms with E-state index in [0.29, 0.717) is 0 Å². The van der Waals surface area contributed by atoms with E-state index in [0.717, 1.165) is 20.6 Å². The summed E-state index contributed by atoms with van der Waals surface area (Å²) in [5.74, 6) is 0. The molecule has 0 fully saturated rings. The van der Waals surface area contributed by atoms with Crippen molar-refractivity contribution >= 4 is 56.1 Å². The minimum atomic E-state index is -0.952. The monoisotopic (exact) mass is 345 g/mol. The number of thiophene rings is 1. The van der Waals surface area contributed by atoms with E-state index in [-0.39, 0.29) is 0 Å². The highest BCUT2D eigenvalue weighted by Crippen LogP contribution is 2.37. The highest BCUT2D eigenvalue weighted by atomic mass is 35.5. The average Bonchev–Trinajstić information content (AvgIpc) is 2.84. The van der Waals surface area contributed by atoms with Gasteiger partial charge in [0.15, 0.2) is 0 Å². The van der Waals surface area contributed by atoms with Crippen molar-refractivity contribution in [3.63, 3.8) is 0 Å². The quantitative estimate of drug-likeness (QED) is 0.705. The Balaban J connectivity index is 1.98. The number of halogens is 1. The summed E-state index contributed by atoms with van der Waals surface area (Å²) >= 11 is 8.16. The molecule has 0 unspecified atom stereocenters. The number of benzene rings is 2. The van der Waals surface area contributed by atoms with Crippen molar-refractivity contribution in [1.82, 2.24) is 0 Å². The second-order valence-electron chi connectivity index (χ2n) is 6.78. The first-order chi connectivity index (χ1) is 10.7. The lowest BCUT2D eigenvalue weighted by Gasteiger charge is -2.37. The van der Waals surface area contributed by atoms with Gasteiger partial charge in [-0.3, -0.25) is 0 Å². The summed E-state index contributed by atoms with van der Waals surface area (Å²) in [6, 6.07) is 12.3. The van der Waals surface area contributed by atoms with Crippen molar-refractivity contribution in [3.8, 4) is 0 Å². The van der Waals surface area contributed by atoms with Crippen LogP contribution < -0.4 is 5.46 Å². The topological polar surface area (TPSA) is 29.5 Å². The first kappa shape index (κ1) is 16.8. The molecule has 0 aliphatic heterocycles. The van der Waals surface area contributed by atoms with Crippen LogP contribution in [-0.4, -0.2) is 23.8 Å². The van der Waals surface area contributed by atoms with Crippen molar-refractivity contribution < 1.29 is 9.76 Å². The van der Waals surface area contributed by atoms with Gasteiger partial charge >= 0.3 is 7.48 Å². The van der Waals surface area contributed by atoms with Gasteiger partial charge in [-0.15, -0.1) is 11.3 Å². The van der Waals surface area contributed by atoms with Gasteiger partial charge in [0.2, 0.25) is 0 Å². The molecule has 23 heavy (non-hydrogen) atoms. The van der Waals surface area contributed by atoms with E-state index in [2.05, 4.69) is 18.2 Å². The van der Waals surface area contributed by atoms with Gasteiger partial charge in [-0.1, -0.05) is 41.3 Å². The summed E-state index contributed by atoms with van der Waals surface area (Å²) in [7, 11) is 1.68. The predicted octanol–water partition coefficient (Wildman–Crippen LogP) is 4.52. The molecule has 2 nitrogen and oxygen atoms in total. The number of rotatable bonds is 4. The summed E-state index contributed by atoms with van der Waals surface area (Å²) < 4.78 is 8.15. The largest absolute Gasteiger partial charge is 0.427 e. The molecule has 0 aliphatic carbocycles. The maximum Gasteiger partial charge on any atom is 0.330 e. The molecule has 0 spiro atoms. The molecule has 0 amide bonds. The molecule has 0 bridgehead atoms. The first-order valence-electron chi connectivity index (χ1n) is 7.53. The van der Waals surface area contributed by atoms with Gasteiger partial charge in [-0.25, -0.2) is 0 Å². The molecule has 1 radical (unpaired) electrons. The van der Waals surface area contributed by atoms with Gasteiger partial charge in [0, 0.05) is 15.5 Å². The van der Waals surface area contributed by atoms with Gasteiger partial charge in [-0.05, 0) is 39.8 Å². The van der Waals surface area contributed by atoms with Gasteiger partial charge in [-0.2, -0.15) is 0 Å². The van der Waals surface area contributed by atoms with Gasteiger partial charge in [0.25, 0.3) is 0 Å². The van der Waals surface area contributed by atoms with Crippen molar-refractivity contribution in [2.75, 3.05) is 0 Å². The molecule has 2 aromatic carbocycles. The average molecular weight is 346 g/mol. The second-order valence-corrected chi connectivity index (χ2v) is 8.24. The second kappa shape index (κ2) is 5.78. The molecule has 0 atom stereocenters. The Labute approximate surface area is 146 Å². The molecular weight excluding hydrogens is 327 g/mol. The van der Waals surface area contributed by atoms with Crippen molar-refractivity contribution in [2.24, 2.45) is 0 Å². The van der Waals surface area contributed by atoms with Crippen molar-refractivity contribution in [1.29, 1.82) is 0 Å². The lowest BCUT2D eigenvalue weighted by atomic mass is 9.82. The minimum absolute atomic E-state index is 0.703. The normalized spacial score (nSPS) is 13.0. The Morgan fingerprint density at radius 1 is 1.09 bits per heavy atom. The van der Waals surface area contributed by atoms with Crippen molar-refractivity contribution in [2.45, 2.75) is 38.9 Å². The first-order valence-corrected chi connectivity index (χ1v) is 8.73. The van der Waals surface area contributed by atoms with Crippen LogP contribution in [0.1, 0.15) is 27.7 Å².